The Balaban J connectivity index is 3.33. The highest BCUT2D eigenvalue weighted by atomic mass is 16.5. The van der Waals surface area contributed by atoms with Crippen LogP contribution in [0.15, 0.2) is 12.2 Å². The molecule has 0 aromatic heterocycles. The van der Waals surface area contributed by atoms with Crippen molar-refractivity contribution >= 4 is 11.9 Å². The average molecular weight is 551 g/mol. The van der Waals surface area contributed by atoms with E-state index < -0.39 is 11.9 Å². The maximum atomic E-state index is 11.7. The predicted molar refractivity (Wildman–Crippen MR) is 167 cm³/mol. The average Bonchev–Trinajstić information content (AvgIpc) is 2.93. The molecule has 1 unspecified atom stereocenters. The van der Waals surface area contributed by atoms with E-state index in [1.807, 2.05) is 6.92 Å². The van der Waals surface area contributed by atoms with Crippen molar-refractivity contribution in [3.63, 3.8) is 0 Å². The molecule has 0 fully saturated rings. The van der Waals surface area contributed by atoms with E-state index >= 15 is 0 Å². The third kappa shape index (κ3) is 29.5. The number of unbranched alkanes of at least 4 members (excludes halogenated alkanes) is 22. The van der Waals surface area contributed by atoms with Crippen molar-refractivity contribution in [2.24, 2.45) is 5.92 Å². The summed E-state index contributed by atoms with van der Waals surface area (Å²) < 4.78 is 5.03. The first kappa shape index (κ1) is 37.7. The lowest BCUT2D eigenvalue weighted by atomic mass is 9.97. The van der Waals surface area contributed by atoms with E-state index in [-0.39, 0.29) is 12.4 Å². The van der Waals surface area contributed by atoms with E-state index in [2.05, 4.69) is 19.1 Å². The number of carbonyl (C=O) groups excluding carboxylic acids is 1. The summed E-state index contributed by atoms with van der Waals surface area (Å²) in [6.45, 7) is 4.60. The van der Waals surface area contributed by atoms with Crippen LogP contribution in [0.5, 0.6) is 0 Å². The molecule has 0 amide bonds. The van der Waals surface area contributed by atoms with Gasteiger partial charge in [-0.1, -0.05) is 154 Å². The summed E-state index contributed by atoms with van der Waals surface area (Å²) in [6, 6.07) is 0. The van der Waals surface area contributed by atoms with Crippen LogP contribution in [0.2, 0.25) is 0 Å². The number of esters is 1. The highest BCUT2D eigenvalue weighted by molar-refractivity contribution is 5.78. The Morgan fingerprint density at radius 3 is 1.33 bits per heavy atom. The minimum absolute atomic E-state index is 0.00502. The van der Waals surface area contributed by atoms with Crippen LogP contribution in [-0.4, -0.2) is 23.7 Å². The summed E-state index contributed by atoms with van der Waals surface area (Å²) >= 11 is 0. The van der Waals surface area contributed by atoms with Gasteiger partial charge in [0.1, 0.15) is 0 Å². The highest BCUT2D eigenvalue weighted by Crippen LogP contribution is 2.18. The van der Waals surface area contributed by atoms with Crippen molar-refractivity contribution in [1.82, 2.24) is 0 Å². The second-order valence-corrected chi connectivity index (χ2v) is 11.7. The van der Waals surface area contributed by atoms with Crippen molar-refractivity contribution in [2.45, 2.75) is 187 Å². The first-order valence-electron chi connectivity index (χ1n) is 17.1. The number of rotatable bonds is 31. The van der Waals surface area contributed by atoms with Crippen LogP contribution in [0.3, 0.4) is 0 Å². The molecule has 1 N–H and O–H groups in total. The van der Waals surface area contributed by atoms with Crippen LogP contribution >= 0.6 is 0 Å². The van der Waals surface area contributed by atoms with Gasteiger partial charge >= 0.3 is 11.9 Å². The molecule has 0 heterocycles. The predicted octanol–water partition coefficient (Wildman–Crippen LogP) is 11.4. The lowest BCUT2D eigenvalue weighted by Gasteiger charge is -2.11. The van der Waals surface area contributed by atoms with Gasteiger partial charge in [0.2, 0.25) is 0 Å². The van der Waals surface area contributed by atoms with Crippen molar-refractivity contribution in [3.8, 4) is 0 Å². The fraction of sp³-hybridized carbons (Fsp3) is 0.886. The van der Waals surface area contributed by atoms with E-state index in [0.29, 0.717) is 13.0 Å². The topological polar surface area (TPSA) is 63.6 Å². The minimum atomic E-state index is -0.876. The quantitative estimate of drug-likeness (QED) is 0.0529. The number of carboxylic acids is 1. The molecule has 0 radical (unpaired) electrons. The second kappa shape index (κ2) is 31.2. The van der Waals surface area contributed by atoms with E-state index in [4.69, 9.17) is 4.74 Å². The van der Waals surface area contributed by atoms with Gasteiger partial charge in [0.25, 0.3) is 0 Å². The molecule has 230 valence electrons. The number of allylic oxidation sites excluding steroid dienone is 2. The van der Waals surface area contributed by atoms with Gasteiger partial charge in [0, 0.05) is 0 Å². The van der Waals surface area contributed by atoms with E-state index in [1.165, 1.54) is 135 Å². The lowest BCUT2D eigenvalue weighted by Crippen LogP contribution is -2.19. The largest absolute Gasteiger partial charge is 0.481 e. The molecule has 4 heteroatoms. The number of aliphatic carboxylic acids is 1. The molecule has 0 aromatic carbocycles. The summed E-state index contributed by atoms with van der Waals surface area (Å²) in [5.41, 5.74) is 0. The Hall–Kier alpha value is -1.32. The summed E-state index contributed by atoms with van der Waals surface area (Å²) in [7, 11) is 0. The summed E-state index contributed by atoms with van der Waals surface area (Å²) in [5, 5.41) is 9.33. The van der Waals surface area contributed by atoms with Crippen LogP contribution in [-0.2, 0) is 14.3 Å². The molecule has 39 heavy (non-hydrogen) atoms. The number of hydrogen-bond donors (Lipinski definition) is 1. The molecule has 0 aromatic rings. The van der Waals surface area contributed by atoms with Crippen molar-refractivity contribution in [3.05, 3.63) is 12.2 Å². The highest BCUT2D eigenvalue weighted by Gasteiger charge is 2.21. The first-order valence-corrected chi connectivity index (χ1v) is 17.1. The number of carboxylic acid groups (broad SMARTS) is 1. The lowest BCUT2D eigenvalue weighted by molar-refractivity contribution is -0.151. The first-order chi connectivity index (χ1) is 19.1. The molecule has 0 spiro atoms. The monoisotopic (exact) mass is 550 g/mol. The van der Waals surface area contributed by atoms with Crippen LogP contribution in [0, 0.1) is 5.92 Å². The Morgan fingerprint density at radius 1 is 0.564 bits per heavy atom. The normalized spacial score (nSPS) is 12.3. The molecule has 4 nitrogen and oxygen atoms in total. The fourth-order valence-corrected chi connectivity index (χ4v) is 5.19. The van der Waals surface area contributed by atoms with Crippen molar-refractivity contribution < 1.29 is 19.4 Å². The van der Waals surface area contributed by atoms with Gasteiger partial charge in [-0.3, -0.25) is 9.59 Å². The zero-order valence-corrected chi connectivity index (χ0v) is 26.2. The van der Waals surface area contributed by atoms with Crippen LogP contribution in [0.25, 0.3) is 0 Å². The number of hydrogen-bond acceptors (Lipinski definition) is 3. The van der Waals surface area contributed by atoms with E-state index in [0.717, 1.165) is 25.7 Å². The smallest absolute Gasteiger partial charge is 0.307 e. The fourth-order valence-electron chi connectivity index (χ4n) is 5.19. The standard InChI is InChI=1S/C35H66O4/c1-3-5-6-7-8-9-10-11-12-13-14-15-16-17-18-19-20-21-22-23-24-25-26-27-28-29-30-33(35(37)38)32-34(36)39-31-4-2/h16-17,33H,3-15,18-32H2,1-2H3,(H,37,38)/b17-16+. The van der Waals surface area contributed by atoms with Crippen LogP contribution in [0.1, 0.15) is 187 Å². The van der Waals surface area contributed by atoms with Gasteiger partial charge in [-0.15, -0.1) is 0 Å². The van der Waals surface area contributed by atoms with Crippen molar-refractivity contribution in [1.29, 1.82) is 0 Å². The van der Waals surface area contributed by atoms with Crippen LogP contribution < -0.4 is 0 Å². The Kier molecular flexibility index (Phi) is 30.2. The van der Waals surface area contributed by atoms with Gasteiger partial charge in [-0.05, 0) is 38.5 Å². The Labute approximate surface area is 243 Å². The second-order valence-electron chi connectivity index (χ2n) is 11.7. The van der Waals surface area contributed by atoms with Crippen LogP contribution in [0.4, 0.5) is 0 Å². The minimum Gasteiger partial charge on any atom is -0.481 e. The molecule has 1 atom stereocenters. The maximum Gasteiger partial charge on any atom is 0.307 e. The zero-order chi connectivity index (χ0) is 28.7. The third-order valence-electron chi connectivity index (χ3n) is 7.79. The summed E-state index contributed by atoms with van der Waals surface area (Å²) in [6.07, 6.45) is 38.0. The van der Waals surface area contributed by atoms with Gasteiger partial charge < -0.3 is 9.84 Å². The molecule has 0 aliphatic heterocycles. The molecule has 0 rings (SSSR count). The van der Waals surface area contributed by atoms with E-state index in [1.54, 1.807) is 0 Å². The summed E-state index contributed by atoms with van der Waals surface area (Å²) in [5.74, 6) is -1.85. The molecule has 0 aliphatic carbocycles. The molecule has 0 bridgehead atoms. The Bertz CT molecular complexity index is 557. The summed E-state index contributed by atoms with van der Waals surface area (Å²) in [4.78, 5) is 23.0. The van der Waals surface area contributed by atoms with Gasteiger partial charge in [-0.25, -0.2) is 0 Å². The molecule has 0 aliphatic rings. The molecule has 0 saturated carbocycles. The maximum absolute atomic E-state index is 11.7. The Morgan fingerprint density at radius 2 is 0.949 bits per heavy atom. The molecular formula is C35H66O4. The SMILES string of the molecule is CCCCCCCCCCCCC/C=C/CCCCCCCCCCCCCC(CC(=O)OCCC)C(=O)O. The third-order valence-corrected chi connectivity index (χ3v) is 7.79. The van der Waals surface area contributed by atoms with E-state index in [9.17, 15) is 14.7 Å². The van der Waals surface area contributed by atoms with Gasteiger partial charge in [0.15, 0.2) is 0 Å². The van der Waals surface area contributed by atoms with Gasteiger partial charge in [0.05, 0.1) is 18.9 Å². The molecule has 0 saturated heterocycles. The van der Waals surface area contributed by atoms with Gasteiger partial charge in [-0.2, -0.15) is 0 Å². The number of ether oxygens (including phenoxy) is 1. The zero-order valence-electron chi connectivity index (χ0n) is 26.2. The number of carbonyl (C=O) groups is 2. The molecular weight excluding hydrogens is 484 g/mol. The van der Waals surface area contributed by atoms with Crippen molar-refractivity contribution in [2.75, 3.05) is 6.61 Å².